The fourth-order valence-electron chi connectivity index (χ4n) is 1.86. The van der Waals surface area contributed by atoms with Gasteiger partial charge in [0, 0.05) is 6.54 Å². The molecule has 0 amide bonds. The number of nitrogens with zero attached hydrogens (tertiary/aromatic N) is 4. The summed E-state index contributed by atoms with van der Waals surface area (Å²) in [6.45, 7) is 2.90. The molecule has 100 valence electrons. The first-order chi connectivity index (χ1) is 9.81. The third kappa shape index (κ3) is 2.21. The van der Waals surface area contributed by atoms with Gasteiger partial charge in [-0.1, -0.05) is 6.92 Å². The van der Waals surface area contributed by atoms with Crippen molar-refractivity contribution in [3.05, 3.63) is 23.2 Å². The zero-order chi connectivity index (χ0) is 13.9. The van der Waals surface area contributed by atoms with Crippen molar-refractivity contribution in [3.8, 4) is 16.6 Å². The highest BCUT2D eigenvalue weighted by Gasteiger charge is 2.13. The van der Waals surface area contributed by atoms with Crippen molar-refractivity contribution in [1.82, 2.24) is 20.2 Å². The van der Waals surface area contributed by atoms with Gasteiger partial charge in [-0.15, -0.1) is 11.3 Å². The minimum Gasteiger partial charge on any atom is -0.354 e. The minimum absolute atomic E-state index is 0.575. The smallest absolute Gasteiger partial charge is 0.225 e. The highest BCUT2D eigenvalue weighted by atomic mass is 32.1. The summed E-state index contributed by atoms with van der Waals surface area (Å²) in [6, 6.07) is 5.85. The number of nitriles is 1. The Hall–Kier alpha value is -2.46. The second-order valence-electron chi connectivity index (χ2n) is 4.23. The number of nitrogens with one attached hydrogen (secondary N) is 2. The second kappa shape index (κ2) is 5.27. The van der Waals surface area contributed by atoms with Crippen LogP contribution in [0, 0.1) is 11.3 Å². The minimum atomic E-state index is 0.575. The zero-order valence-corrected chi connectivity index (χ0v) is 11.7. The predicted octanol–water partition coefficient (Wildman–Crippen LogP) is 2.77. The molecule has 0 aliphatic rings. The summed E-state index contributed by atoms with van der Waals surface area (Å²) >= 11 is 1.42. The highest BCUT2D eigenvalue weighted by Crippen LogP contribution is 2.31. The molecule has 0 saturated heterocycles. The van der Waals surface area contributed by atoms with Gasteiger partial charge in [0.2, 0.25) is 5.95 Å². The van der Waals surface area contributed by atoms with Gasteiger partial charge in [0.05, 0.1) is 22.2 Å². The molecule has 3 aromatic heterocycles. The van der Waals surface area contributed by atoms with Crippen molar-refractivity contribution < 1.29 is 0 Å². The molecule has 0 aliphatic carbocycles. The summed E-state index contributed by atoms with van der Waals surface area (Å²) in [4.78, 5) is 10.5. The maximum Gasteiger partial charge on any atom is 0.225 e. The van der Waals surface area contributed by atoms with Crippen LogP contribution in [-0.2, 0) is 0 Å². The van der Waals surface area contributed by atoms with E-state index in [4.69, 9.17) is 5.26 Å². The fraction of sp³-hybridized carbons (Fsp3) is 0.231. The van der Waals surface area contributed by atoms with Gasteiger partial charge >= 0.3 is 0 Å². The maximum absolute atomic E-state index is 8.94. The van der Waals surface area contributed by atoms with Crippen molar-refractivity contribution in [3.63, 3.8) is 0 Å². The van der Waals surface area contributed by atoms with Gasteiger partial charge in [0.15, 0.2) is 5.65 Å². The molecule has 0 aromatic carbocycles. The quantitative estimate of drug-likeness (QED) is 0.768. The number of thiophene rings is 1. The lowest BCUT2D eigenvalue weighted by Crippen LogP contribution is -2.05. The molecule has 3 aromatic rings. The first-order valence-corrected chi connectivity index (χ1v) is 7.08. The lowest BCUT2D eigenvalue weighted by Gasteiger charge is -2.05. The van der Waals surface area contributed by atoms with Gasteiger partial charge in [0.25, 0.3) is 0 Å². The number of H-pyrrole nitrogens is 1. The Morgan fingerprint density at radius 1 is 1.40 bits per heavy atom. The summed E-state index contributed by atoms with van der Waals surface area (Å²) in [6.07, 6.45) is 2.71. The molecule has 0 saturated carbocycles. The lowest BCUT2D eigenvalue weighted by molar-refractivity contribution is 0.955. The largest absolute Gasteiger partial charge is 0.354 e. The third-order valence-corrected chi connectivity index (χ3v) is 3.79. The van der Waals surface area contributed by atoms with Gasteiger partial charge < -0.3 is 5.32 Å². The second-order valence-corrected chi connectivity index (χ2v) is 5.31. The van der Waals surface area contributed by atoms with E-state index in [0.29, 0.717) is 16.5 Å². The van der Waals surface area contributed by atoms with Crippen LogP contribution in [0.3, 0.4) is 0 Å². The van der Waals surface area contributed by atoms with Crippen molar-refractivity contribution >= 4 is 28.3 Å². The van der Waals surface area contributed by atoms with Gasteiger partial charge in [-0.2, -0.15) is 15.3 Å². The van der Waals surface area contributed by atoms with E-state index in [-0.39, 0.29) is 0 Å². The molecule has 0 fully saturated rings. The summed E-state index contributed by atoms with van der Waals surface area (Å²) in [5.41, 5.74) is 1.49. The Morgan fingerprint density at radius 2 is 2.30 bits per heavy atom. The van der Waals surface area contributed by atoms with Crippen LogP contribution in [0.5, 0.6) is 0 Å². The molecule has 0 unspecified atom stereocenters. The average Bonchev–Trinajstić information content (AvgIpc) is 3.12. The molecule has 20 heavy (non-hydrogen) atoms. The van der Waals surface area contributed by atoms with E-state index in [1.165, 1.54) is 11.3 Å². The molecule has 6 nitrogen and oxygen atoms in total. The molecular weight excluding hydrogens is 272 g/mol. The standard InChI is InChI=1S/C13H12N6S/c1-2-5-15-13-17-11(9-7-16-19-12(9)18-13)10-4-3-8(6-14)20-10/h3-4,7H,2,5H2,1H3,(H2,15,16,17,18,19). The molecule has 3 heterocycles. The SMILES string of the molecule is CCCNc1nc(-c2ccc(C#N)s2)c2cn[nH]c2n1. The number of anilines is 1. The molecule has 2 N–H and O–H groups in total. The van der Waals surface area contributed by atoms with Gasteiger partial charge in [-0.3, -0.25) is 5.10 Å². The molecule has 0 atom stereocenters. The van der Waals surface area contributed by atoms with E-state index in [2.05, 4.69) is 38.5 Å². The maximum atomic E-state index is 8.94. The molecular formula is C13H12N6S. The van der Waals surface area contributed by atoms with Crippen LogP contribution >= 0.6 is 11.3 Å². The molecule has 0 spiro atoms. The molecule has 0 bridgehead atoms. The Labute approximate surface area is 119 Å². The molecule has 7 heteroatoms. The van der Waals surface area contributed by atoms with Crippen molar-refractivity contribution in [2.75, 3.05) is 11.9 Å². The predicted molar refractivity (Wildman–Crippen MR) is 78.5 cm³/mol. The summed E-state index contributed by atoms with van der Waals surface area (Å²) in [7, 11) is 0. The van der Waals surface area contributed by atoms with E-state index in [9.17, 15) is 0 Å². The summed E-state index contributed by atoms with van der Waals surface area (Å²) in [5, 5.41) is 19.9. The van der Waals surface area contributed by atoms with Crippen LogP contribution in [-0.4, -0.2) is 26.7 Å². The molecule has 0 aliphatic heterocycles. The van der Waals surface area contributed by atoms with Crippen molar-refractivity contribution in [1.29, 1.82) is 5.26 Å². The van der Waals surface area contributed by atoms with Crippen LogP contribution in [0.15, 0.2) is 18.3 Å². The first kappa shape index (κ1) is 12.6. The highest BCUT2D eigenvalue weighted by molar-refractivity contribution is 7.16. The number of hydrogen-bond donors (Lipinski definition) is 2. The number of rotatable bonds is 4. The van der Waals surface area contributed by atoms with Crippen LogP contribution in [0.1, 0.15) is 18.2 Å². The van der Waals surface area contributed by atoms with Crippen LogP contribution in [0.4, 0.5) is 5.95 Å². The Balaban J connectivity index is 2.12. The number of aromatic nitrogens is 4. The van der Waals surface area contributed by atoms with Gasteiger partial charge in [0.1, 0.15) is 10.9 Å². The molecule has 0 radical (unpaired) electrons. The van der Waals surface area contributed by atoms with E-state index >= 15 is 0 Å². The van der Waals surface area contributed by atoms with Crippen molar-refractivity contribution in [2.24, 2.45) is 0 Å². The Bertz CT molecular complexity index is 782. The van der Waals surface area contributed by atoms with Crippen LogP contribution in [0.2, 0.25) is 0 Å². The van der Waals surface area contributed by atoms with E-state index < -0.39 is 0 Å². The van der Waals surface area contributed by atoms with E-state index in [1.807, 2.05) is 6.07 Å². The van der Waals surface area contributed by atoms with Gasteiger partial charge in [-0.05, 0) is 18.6 Å². The van der Waals surface area contributed by atoms with E-state index in [1.54, 1.807) is 12.3 Å². The normalized spacial score (nSPS) is 10.6. The summed E-state index contributed by atoms with van der Waals surface area (Å²) in [5.74, 6) is 0.575. The monoisotopic (exact) mass is 284 g/mol. The van der Waals surface area contributed by atoms with Crippen LogP contribution in [0.25, 0.3) is 21.6 Å². The van der Waals surface area contributed by atoms with Gasteiger partial charge in [-0.25, -0.2) is 4.98 Å². The fourth-order valence-corrected chi connectivity index (χ4v) is 2.67. The number of hydrogen-bond acceptors (Lipinski definition) is 6. The number of fused-ring (bicyclic) bond motifs is 1. The zero-order valence-electron chi connectivity index (χ0n) is 10.8. The molecule has 3 rings (SSSR count). The Kier molecular flexibility index (Phi) is 3.31. The number of aromatic amines is 1. The first-order valence-electron chi connectivity index (χ1n) is 6.27. The summed E-state index contributed by atoms with van der Waals surface area (Å²) < 4.78 is 0. The van der Waals surface area contributed by atoms with E-state index in [0.717, 1.165) is 28.9 Å². The topological polar surface area (TPSA) is 90.3 Å². The Morgan fingerprint density at radius 3 is 3.05 bits per heavy atom. The third-order valence-electron chi connectivity index (χ3n) is 2.79. The van der Waals surface area contributed by atoms with Crippen LogP contribution < -0.4 is 5.32 Å². The lowest BCUT2D eigenvalue weighted by atomic mass is 10.2. The van der Waals surface area contributed by atoms with Crippen molar-refractivity contribution in [2.45, 2.75) is 13.3 Å². The average molecular weight is 284 g/mol.